The van der Waals surface area contributed by atoms with E-state index in [2.05, 4.69) is 5.32 Å². The van der Waals surface area contributed by atoms with E-state index in [-0.39, 0.29) is 25.1 Å². The first-order valence-electron chi connectivity index (χ1n) is 5.46. The highest BCUT2D eigenvalue weighted by atomic mass is 19.1. The number of hydrogen-bond acceptors (Lipinski definition) is 3. The molecule has 0 saturated heterocycles. The average Bonchev–Trinajstić information content (AvgIpc) is 2.26. The normalized spacial score (nSPS) is 13.1. The highest BCUT2D eigenvalue weighted by Crippen LogP contribution is 2.21. The molecule has 0 saturated carbocycles. The number of hydrogen-bond donors (Lipinski definition) is 3. The van der Waals surface area contributed by atoms with Crippen molar-refractivity contribution in [1.82, 2.24) is 5.32 Å². The largest absolute Gasteiger partial charge is 0.503 e. The molecule has 0 aliphatic rings. The Hall–Kier alpha value is -1.20. The van der Waals surface area contributed by atoms with Gasteiger partial charge in [-0.1, -0.05) is 13.8 Å². The number of phenolic OH excluding ortho intramolecular Hbond substituents is 1. The fourth-order valence-electron chi connectivity index (χ4n) is 1.48. The lowest BCUT2D eigenvalue weighted by Gasteiger charge is -2.20. The van der Waals surface area contributed by atoms with Gasteiger partial charge in [0.2, 0.25) is 0 Å². The van der Waals surface area contributed by atoms with Gasteiger partial charge in [-0.05, 0) is 23.6 Å². The average molecular weight is 245 g/mol. The molecule has 5 heteroatoms. The highest BCUT2D eigenvalue weighted by molar-refractivity contribution is 5.29. The number of aliphatic hydroxyl groups is 1. The third kappa shape index (κ3) is 3.64. The van der Waals surface area contributed by atoms with Crippen molar-refractivity contribution >= 4 is 0 Å². The molecule has 1 unspecified atom stereocenters. The lowest BCUT2D eigenvalue weighted by Crippen LogP contribution is -2.36. The second kappa shape index (κ2) is 5.93. The number of aliphatic hydroxyl groups excluding tert-OH is 1. The van der Waals surface area contributed by atoms with E-state index in [0.29, 0.717) is 5.56 Å². The fourth-order valence-corrected chi connectivity index (χ4v) is 1.48. The molecule has 3 N–H and O–H groups in total. The molecule has 0 amide bonds. The van der Waals surface area contributed by atoms with Crippen molar-refractivity contribution < 1.29 is 19.0 Å². The first-order valence-corrected chi connectivity index (χ1v) is 5.46. The van der Waals surface area contributed by atoms with Crippen molar-refractivity contribution in [3.63, 3.8) is 0 Å². The first-order chi connectivity index (χ1) is 7.95. The van der Waals surface area contributed by atoms with Gasteiger partial charge >= 0.3 is 0 Å². The van der Waals surface area contributed by atoms with Crippen LogP contribution in [0.1, 0.15) is 19.4 Å². The maximum atomic E-state index is 13.0. The van der Waals surface area contributed by atoms with Gasteiger partial charge in [0, 0.05) is 12.6 Å². The monoisotopic (exact) mass is 245 g/mol. The SMILES string of the molecule is CC(C)C(CO)NCc1cc(F)c(O)c(F)c1. The fraction of sp³-hybridized carbons (Fsp3) is 0.500. The van der Waals surface area contributed by atoms with Crippen LogP contribution in [-0.4, -0.2) is 22.9 Å². The molecular weight excluding hydrogens is 228 g/mol. The van der Waals surface area contributed by atoms with Crippen molar-refractivity contribution in [2.24, 2.45) is 5.92 Å². The number of halogens is 2. The second-order valence-electron chi connectivity index (χ2n) is 4.32. The van der Waals surface area contributed by atoms with Gasteiger partial charge in [0.15, 0.2) is 17.4 Å². The van der Waals surface area contributed by atoms with E-state index < -0.39 is 17.4 Å². The first kappa shape index (κ1) is 13.9. The van der Waals surface area contributed by atoms with Crippen molar-refractivity contribution in [2.75, 3.05) is 6.61 Å². The van der Waals surface area contributed by atoms with Crippen LogP contribution in [-0.2, 0) is 6.54 Å². The number of aromatic hydroxyl groups is 1. The van der Waals surface area contributed by atoms with Crippen molar-refractivity contribution in [3.05, 3.63) is 29.3 Å². The predicted molar refractivity (Wildman–Crippen MR) is 60.6 cm³/mol. The standard InChI is InChI=1S/C12H17F2NO2/c1-7(2)11(6-16)15-5-8-3-9(13)12(17)10(14)4-8/h3-4,7,11,15-17H,5-6H2,1-2H3. The summed E-state index contributed by atoms with van der Waals surface area (Å²) in [5.41, 5.74) is 0.386. The van der Waals surface area contributed by atoms with Crippen LogP contribution in [0.5, 0.6) is 5.75 Å². The number of rotatable bonds is 5. The van der Waals surface area contributed by atoms with Crippen molar-refractivity contribution in [2.45, 2.75) is 26.4 Å². The summed E-state index contributed by atoms with van der Waals surface area (Å²) in [4.78, 5) is 0. The predicted octanol–water partition coefficient (Wildman–Crippen LogP) is 1.78. The topological polar surface area (TPSA) is 52.5 Å². The van der Waals surface area contributed by atoms with Crippen molar-refractivity contribution in [3.8, 4) is 5.75 Å². The molecule has 96 valence electrons. The lowest BCUT2D eigenvalue weighted by atomic mass is 10.0. The zero-order valence-corrected chi connectivity index (χ0v) is 9.87. The van der Waals surface area contributed by atoms with Gasteiger partial charge in [-0.3, -0.25) is 0 Å². The van der Waals surface area contributed by atoms with E-state index in [1.165, 1.54) is 0 Å². The van der Waals surface area contributed by atoms with E-state index in [1.54, 1.807) is 0 Å². The number of nitrogens with one attached hydrogen (secondary N) is 1. The molecule has 17 heavy (non-hydrogen) atoms. The molecule has 0 fully saturated rings. The van der Waals surface area contributed by atoms with E-state index in [1.807, 2.05) is 13.8 Å². The molecule has 0 heterocycles. The van der Waals surface area contributed by atoms with Crippen LogP contribution in [0.15, 0.2) is 12.1 Å². The molecule has 0 bridgehead atoms. The zero-order chi connectivity index (χ0) is 13.0. The summed E-state index contributed by atoms with van der Waals surface area (Å²) in [6.07, 6.45) is 0. The smallest absolute Gasteiger partial charge is 0.187 e. The minimum Gasteiger partial charge on any atom is -0.503 e. The van der Waals surface area contributed by atoms with Crippen LogP contribution in [0, 0.1) is 17.6 Å². The Labute approximate surface area is 99.1 Å². The lowest BCUT2D eigenvalue weighted by molar-refractivity contribution is 0.210. The molecule has 0 aromatic heterocycles. The number of phenols is 1. The van der Waals surface area contributed by atoms with E-state index in [0.717, 1.165) is 12.1 Å². The molecule has 1 aromatic carbocycles. The van der Waals surface area contributed by atoms with Crippen LogP contribution >= 0.6 is 0 Å². The molecule has 0 radical (unpaired) electrons. The summed E-state index contributed by atoms with van der Waals surface area (Å²) < 4.78 is 26.1. The highest BCUT2D eigenvalue weighted by Gasteiger charge is 2.13. The van der Waals surface area contributed by atoms with Gasteiger partial charge in [-0.2, -0.15) is 0 Å². The molecule has 0 aliphatic carbocycles. The Morgan fingerprint density at radius 1 is 1.24 bits per heavy atom. The van der Waals surface area contributed by atoms with Crippen LogP contribution < -0.4 is 5.32 Å². The molecular formula is C12H17F2NO2. The zero-order valence-electron chi connectivity index (χ0n) is 9.87. The summed E-state index contributed by atoms with van der Waals surface area (Å²) in [6.45, 7) is 4.07. The molecule has 1 rings (SSSR count). The van der Waals surface area contributed by atoms with E-state index in [9.17, 15) is 8.78 Å². The van der Waals surface area contributed by atoms with E-state index >= 15 is 0 Å². The maximum absolute atomic E-state index is 13.0. The van der Waals surface area contributed by atoms with Gasteiger partial charge in [-0.15, -0.1) is 0 Å². The molecule has 3 nitrogen and oxygen atoms in total. The Morgan fingerprint density at radius 2 is 1.76 bits per heavy atom. The van der Waals surface area contributed by atoms with Crippen LogP contribution in [0.4, 0.5) is 8.78 Å². The summed E-state index contributed by atoms with van der Waals surface area (Å²) >= 11 is 0. The van der Waals surface area contributed by atoms with Crippen LogP contribution in [0.3, 0.4) is 0 Å². The Kier molecular flexibility index (Phi) is 4.84. The van der Waals surface area contributed by atoms with Gasteiger partial charge in [-0.25, -0.2) is 8.78 Å². The third-order valence-corrected chi connectivity index (χ3v) is 2.65. The molecule has 1 atom stereocenters. The third-order valence-electron chi connectivity index (χ3n) is 2.65. The van der Waals surface area contributed by atoms with Crippen molar-refractivity contribution in [1.29, 1.82) is 0 Å². The van der Waals surface area contributed by atoms with Gasteiger partial charge in [0.1, 0.15) is 0 Å². The molecule has 0 spiro atoms. The van der Waals surface area contributed by atoms with E-state index in [4.69, 9.17) is 10.2 Å². The van der Waals surface area contributed by atoms with Gasteiger partial charge < -0.3 is 15.5 Å². The Balaban J connectivity index is 2.69. The maximum Gasteiger partial charge on any atom is 0.187 e. The van der Waals surface area contributed by atoms with Gasteiger partial charge in [0.05, 0.1) is 6.61 Å². The summed E-state index contributed by atoms with van der Waals surface area (Å²) in [7, 11) is 0. The summed E-state index contributed by atoms with van der Waals surface area (Å²) in [5, 5.41) is 21.0. The second-order valence-corrected chi connectivity index (χ2v) is 4.32. The number of benzene rings is 1. The Bertz CT molecular complexity index is 360. The minimum atomic E-state index is -0.980. The van der Waals surface area contributed by atoms with Crippen LogP contribution in [0.25, 0.3) is 0 Å². The summed E-state index contributed by atoms with van der Waals surface area (Å²) in [6, 6.07) is 2.01. The van der Waals surface area contributed by atoms with Crippen LogP contribution in [0.2, 0.25) is 0 Å². The van der Waals surface area contributed by atoms with Gasteiger partial charge in [0.25, 0.3) is 0 Å². The quantitative estimate of drug-likeness (QED) is 0.741. The summed E-state index contributed by atoms with van der Waals surface area (Å²) in [5.74, 6) is -2.71. The molecule has 1 aromatic rings. The minimum absolute atomic E-state index is 0.0410. The Morgan fingerprint density at radius 3 is 2.18 bits per heavy atom. The molecule has 0 aliphatic heterocycles.